The molecule has 0 aliphatic heterocycles. The third-order valence-electron chi connectivity index (χ3n) is 2.99. The Morgan fingerprint density at radius 2 is 1.95 bits per heavy atom. The molecule has 96 valence electrons. The third kappa shape index (κ3) is 2.54. The van der Waals surface area contributed by atoms with E-state index in [0.29, 0.717) is 0 Å². The highest BCUT2D eigenvalue weighted by Gasteiger charge is 2.04. The summed E-state index contributed by atoms with van der Waals surface area (Å²) in [6.07, 6.45) is 4.41. The molecular weight excluding hydrogens is 238 g/mol. The van der Waals surface area contributed by atoms with Gasteiger partial charge in [-0.15, -0.1) is 0 Å². The number of para-hydroxylation sites is 2. The van der Waals surface area contributed by atoms with Crippen molar-refractivity contribution in [3.05, 3.63) is 48.2 Å². The van der Waals surface area contributed by atoms with Crippen molar-refractivity contribution in [3.63, 3.8) is 0 Å². The first-order valence-electron chi connectivity index (χ1n) is 6.27. The lowest BCUT2D eigenvalue weighted by Crippen LogP contribution is -2.09. The van der Waals surface area contributed by atoms with Crippen LogP contribution in [0, 0.1) is 6.92 Å². The molecule has 5 nitrogen and oxygen atoms in total. The van der Waals surface area contributed by atoms with E-state index in [-0.39, 0.29) is 0 Å². The van der Waals surface area contributed by atoms with Gasteiger partial charge in [0, 0.05) is 24.9 Å². The van der Waals surface area contributed by atoms with Crippen molar-refractivity contribution >= 4 is 16.9 Å². The Labute approximate surface area is 111 Å². The maximum absolute atomic E-state index is 4.59. The molecule has 0 bridgehead atoms. The fourth-order valence-electron chi connectivity index (χ4n) is 1.99. The van der Waals surface area contributed by atoms with Crippen LogP contribution in [0.3, 0.4) is 0 Å². The van der Waals surface area contributed by atoms with E-state index < -0.39 is 0 Å². The second-order valence-electron chi connectivity index (χ2n) is 4.40. The molecule has 0 atom stereocenters. The predicted molar refractivity (Wildman–Crippen MR) is 75.1 cm³/mol. The minimum atomic E-state index is 0.802. The zero-order valence-corrected chi connectivity index (χ0v) is 10.7. The molecule has 0 unspecified atom stereocenters. The Hall–Kier alpha value is -2.43. The average molecular weight is 253 g/mol. The highest BCUT2D eigenvalue weighted by atomic mass is 15.0. The molecule has 0 aliphatic rings. The van der Waals surface area contributed by atoms with E-state index in [2.05, 4.69) is 25.3 Å². The maximum atomic E-state index is 4.59. The number of anilines is 1. The number of hydrogen-bond acceptors (Lipinski definition) is 4. The fourth-order valence-corrected chi connectivity index (χ4v) is 1.99. The van der Waals surface area contributed by atoms with E-state index in [4.69, 9.17) is 0 Å². The van der Waals surface area contributed by atoms with Crippen LogP contribution in [0.4, 0.5) is 5.82 Å². The summed E-state index contributed by atoms with van der Waals surface area (Å²) in [5, 5.41) is 3.32. The molecule has 0 saturated carbocycles. The SMILES string of the molecule is Cc1nc2ccccc2nc1NCCc1cnc[nH]1. The summed E-state index contributed by atoms with van der Waals surface area (Å²) in [7, 11) is 0. The molecule has 1 aromatic carbocycles. The molecule has 0 aliphatic carbocycles. The minimum absolute atomic E-state index is 0.802. The molecule has 0 spiro atoms. The molecule has 0 radical (unpaired) electrons. The highest BCUT2D eigenvalue weighted by molar-refractivity contribution is 5.76. The molecule has 2 aromatic heterocycles. The van der Waals surface area contributed by atoms with Crippen molar-refractivity contribution in [1.29, 1.82) is 0 Å². The number of nitrogens with one attached hydrogen (secondary N) is 2. The summed E-state index contributed by atoms with van der Waals surface area (Å²) in [5.74, 6) is 0.846. The topological polar surface area (TPSA) is 66.5 Å². The molecule has 0 amide bonds. The van der Waals surface area contributed by atoms with Crippen molar-refractivity contribution in [3.8, 4) is 0 Å². The van der Waals surface area contributed by atoms with Crippen LogP contribution >= 0.6 is 0 Å². The van der Waals surface area contributed by atoms with Gasteiger partial charge in [0.05, 0.1) is 23.1 Å². The summed E-state index contributed by atoms with van der Waals surface area (Å²) in [6.45, 7) is 2.77. The van der Waals surface area contributed by atoms with Crippen molar-refractivity contribution in [2.24, 2.45) is 0 Å². The van der Waals surface area contributed by atoms with Crippen LogP contribution in [0.1, 0.15) is 11.4 Å². The monoisotopic (exact) mass is 253 g/mol. The van der Waals surface area contributed by atoms with Crippen molar-refractivity contribution in [2.45, 2.75) is 13.3 Å². The summed E-state index contributed by atoms with van der Waals surface area (Å²) in [4.78, 5) is 16.2. The molecule has 0 saturated heterocycles. The molecule has 19 heavy (non-hydrogen) atoms. The van der Waals surface area contributed by atoms with Gasteiger partial charge in [-0.1, -0.05) is 12.1 Å². The predicted octanol–water partition coefficient (Wildman–Crippen LogP) is 2.32. The summed E-state index contributed by atoms with van der Waals surface area (Å²) < 4.78 is 0. The van der Waals surface area contributed by atoms with Gasteiger partial charge in [0.2, 0.25) is 0 Å². The van der Waals surface area contributed by atoms with Crippen LogP contribution in [0.25, 0.3) is 11.0 Å². The second kappa shape index (κ2) is 5.06. The summed E-state index contributed by atoms with van der Waals surface area (Å²) >= 11 is 0. The largest absolute Gasteiger partial charge is 0.368 e. The number of aromatic nitrogens is 4. The number of aromatic amines is 1. The zero-order valence-electron chi connectivity index (χ0n) is 10.7. The molecule has 2 N–H and O–H groups in total. The Kier molecular flexibility index (Phi) is 3.10. The van der Waals surface area contributed by atoms with Crippen LogP contribution in [0.15, 0.2) is 36.8 Å². The van der Waals surface area contributed by atoms with Crippen LogP contribution in [-0.4, -0.2) is 26.5 Å². The minimum Gasteiger partial charge on any atom is -0.368 e. The van der Waals surface area contributed by atoms with Crippen molar-refractivity contribution in [1.82, 2.24) is 19.9 Å². The normalized spacial score (nSPS) is 10.8. The van der Waals surface area contributed by atoms with Gasteiger partial charge < -0.3 is 10.3 Å². The van der Waals surface area contributed by atoms with E-state index in [1.807, 2.05) is 37.4 Å². The Bertz CT molecular complexity index is 675. The first-order chi connectivity index (χ1) is 9.33. The van der Waals surface area contributed by atoms with Gasteiger partial charge in [0.25, 0.3) is 0 Å². The number of H-pyrrole nitrogens is 1. The van der Waals surface area contributed by atoms with E-state index >= 15 is 0 Å². The Morgan fingerprint density at radius 1 is 1.16 bits per heavy atom. The van der Waals surface area contributed by atoms with Gasteiger partial charge in [0.15, 0.2) is 0 Å². The number of hydrogen-bond donors (Lipinski definition) is 2. The van der Waals surface area contributed by atoms with E-state index in [9.17, 15) is 0 Å². The van der Waals surface area contributed by atoms with E-state index in [0.717, 1.165) is 41.2 Å². The van der Waals surface area contributed by atoms with Crippen LogP contribution in [0.5, 0.6) is 0 Å². The first-order valence-corrected chi connectivity index (χ1v) is 6.27. The molecule has 5 heteroatoms. The molecule has 0 fully saturated rings. The Morgan fingerprint density at radius 3 is 2.68 bits per heavy atom. The van der Waals surface area contributed by atoms with Crippen molar-refractivity contribution in [2.75, 3.05) is 11.9 Å². The molecule has 2 heterocycles. The molecule has 3 aromatic rings. The van der Waals surface area contributed by atoms with Crippen LogP contribution < -0.4 is 5.32 Å². The fraction of sp³-hybridized carbons (Fsp3) is 0.214. The van der Waals surface area contributed by atoms with Gasteiger partial charge in [-0.3, -0.25) is 0 Å². The van der Waals surface area contributed by atoms with E-state index in [1.165, 1.54) is 0 Å². The van der Waals surface area contributed by atoms with Crippen molar-refractivity contribution < 1.29 is 0 Å². The highest BCUT2D eigenvalue weighted by Crippen LogP contribution is 2.15. The number of imidazole rings is 1. The van der Waals surface area contributed by atoms with Gasteiger partial charge >= 0.3 is 0 Å². The number of rotatable bonds is 4. The Balaban J connectivity index is 1.75. The van der Waals surface area contributed by atoms with E-state index in [1.54, 1.807) is 6.33 Å². The molecular formula is C14H15N5. The smallest absolute Gasteiger partial charge is 0.148 e. The lowest BCUT2D eigenvalue weighted by atomic mass is 10.3. The van der Waals surface area contributed by atoms with Crippen LogP contribution in [0.2, 0.25) is 0 Å². The third-order valence-corrected chi connectivity index (χ3v) is 2.99. The number of benzene rings is 1. The lowest BCUT2D eigenvalue weighted by Gasteiger charge is -2.08. The first kappa shape index (κ1) is 11.6. The second-order valence-corrected chi connectivity index (χ2v) is 4.40. The standard InChI is InChI=1S/C14H15N5/c1-10-14(16-7-6-11-8-15-9-17-11)19-13-5-3-2-4-12(13)18-10/h2-5,8-9H,6-7H2,1H3,(H,15,17)(H,16,19). The molecule has 3 rings (SSSR count). The van der Waals surface area contributed by atoms with Crippen LogP contribution in [-0.2, 0) is 6.42 Å². The van der Waals surface area contributed by atoms with Gasteiger partial charge in [0.1, 0.15) is 5.82 Å². The quantitative estimate of drug-likeness (QED) is 0.748. The number of aryl methyl sites for hydroxylation is 1. The van der Waals surface area contributed by atoms with Gasteiger partial charge in [-0.05, 0) is 19.1 Å². The van der Waals surface area contributed by atoms with Gasteiger partial charge in [-0.2, -0.15) is 0 Å². The number of fused-ring (bicyclic) bond motifs is 1. The summed E-state index contributed by atoms with van der Waals surface area (Å²) in [6, 6.07) is 7.90. The lowest BCUT2D eigenvalue weighted by molar-refractivity contribution is 0.962. The maximum Gasteiger partial charge on any atom is 0.148 e. The van der Waals surface area contributed by atoms with Gasteiger partial charge in [-0.25, -0.2) is 15.0 Å². The number of nitrogens with zero attached hydrogens (tertiary/aromatic N) is 3. The average Bonchev–Trinajstić information content (AvgIpc) is 2.92. The summed E-state index contributed by atoms with van der Waals surface area (Å²) in [5.41, 5.74) is 3.87. The zero-order chi connectivity index (χ0) is 13.1.